The van der Waals surface area contributed by atoms with Crippen LogP contribution in [-0.4, -0.2) is 26.8 Å². The van der Waals surface area contributed by atoms with Crippen LogP contribution >= 0.6 is 15.9 Å². The molecule has 8 heteroatoms. The summed E-state index contributed by atoms with van der Waals surface area (Å²) in [5.41, 5.74) is 11.5. The first-order chi connectivity index (χ1) is 16.0. The molecule has 0 bridgehead atoms. The van der Waals surface area contributed by atoms with Gasteiger partial charge in [-0.05, 0) is 48.9 Å². The molecule has 162 valence electrons. The summed E-state index contributed by atoms with van der Waals surface area (Å²) in [6.45, 7) is 1.99. The van der Waals surface area contributed by atoms with Crippen molar-refractivity contribution in [1.82, 2.24) is 14.6 Å². The average molecular weight is 499 g/mol. The summed E-state index contributed by atoms with van der Waals surface area (Å²) >= 11 is 3.46. The Balaban J connectivity index is 1.66. The minimum atomic E-state index is -0.373. The molecular formula is C25H19BrN6O. The van der Waals surface area contributed by atoms with E-state index in [1.165, 1.54) is 4.68 Å². The maximum absolute atomic E-state index is 13.3. The Morgan fingerprint density at radius 3 is 2.48 bits per heavy atom. The number of nitrogens with zero attached hydrogens (tertiary/aromatic N) is 4. The molecule has 0 aliphatic carbocycles. The van der Waals surface area contributed by atoms with Gasteiger partial charge in [0.15, 0.2) is 5.65 Å². The van der Waals surface area contributed by atoms with Gasteiger partial charge < -0.3 is 11.1 Å². The fraction of sp³-hybridized carbons (Fsp3) is 0.0400. The lowest BCUT2D eigenvalue weighted by Gasteiger charge is -2.06. The number of amides is 1. The lowest BCUT2D eigenvalue weighted by molar-refractivity contribution is 0.102. The number of nitrogens with two attached hydrogens (primary N) is 1. The number of anilines is 2. The fourth-order valence-corrected chi connectivity index (χ4v) is 3.95. The van der Waals surface area contributed by atoms with Crippen LogP contribution in [0.2, 0.25) is 0 Å². The van der Waals surface area contributed by atoms with Gasteiger partial charge in [-0.25, -0.2) is 9.97 Å². The first kappa shape index (κ1) is 20.8. The Hall–Kier alpha value is -4.04. The summed E-state index contributed by atoms with van der Waals surface area (Å²) in [7, 11) is 0. The molecule has 0 spiro atoms. The second kappa shape index (κ2) is 8.48. The fourth-order valence-electron chi connectivity index (χ4n) is 3.53. The van der Waals surface area contributed by atoms with Crippen molar-refractivity contribution >= 4 is 61.8 Å². The van der Waals surface area contributed by atoms with Crippen LogP contribution in [0.15, 0.2) is 82.4 Å². The number of benzene rings is 3. The van der Waals surface area contributed by atoms with E-state index in [1.807, 2.05) is 79.7 Å². The molecule has 2 aromatic heterocycles. The first-order valence-electron chi connectivity index (χ1n) is 10.2. The zero-order valence-corrected chi connectivity index (χ0v) is 19.2. The highest BCUT2D eigenvalue weighted by molar-refractivity contribution is 9.10. The van der Waals surface area contributed by atoms with E-state index in [2.05, 4.69) is 26.3 Å². The molecular weight excluding hydrogens is 480 g/mol. The monoisotopic (exact) mass is 498 g/mol. The lowest BCUT2D eigenvalue weighted by Crippen LogP contribution is -2.14. The van der Waals surface area contributed by atoms with E-state index >= 15 is 0 Å². The number of para-hydroxylation sites is 2. The minimum absolute atomic E-state index is 0.163. The van der Waals surface area contributed by atoms with Crippen LogP contribution in [0.25, 0.3) is 22.2 Å². The van der Waals surface area contributed by atoms with Crippen molar-refractivity contribution in [1.29, 1.82) is 0 Å². The number of nitrogens with one attached hydrogen (secondary N) is 1. The maximum atomic E-state index is 13.3. The number of aryl methyl sites for hydroxylation is 1. The summed E-state index contributed by atoms with van der Waals surface area (Å²) in [4.78, 5) is 22.7. The zero-order valence-electron chi connectivity index (χ0n) is 17.7. The van der Waals surface area contributed by atoms with Crippen LogP contribution in [0.3, 0.4) is 0 Å². The Kier molecular flexibility index (Phi) is 5.35. The van der Waals surface area contributed by atoms with E-state index in [9.17, 15) is 4.79 Å². The number of halogens is 1. The van der Waals surface area contributed by atoms with Gasteiger partial charge in [0.25, 0.3) is 5.91 Å². The second-order valence-corrected chi connectivity index (χ2v) is 8.49. The number of hydrogen-bond acceptors (Lipinski definition) is 5. The van der Waals surface area contributed by atoms with Crippen molar-refractivity contribution in [3.63, 3.8) is 0 Å². The molecule has 5 rings (SSSR count). The lowest BCUT2D eigenvalue weighted by atomic mass is 10.2. The van der Waals surface area contributed by atoms with Gasteiger partial charge in [-0.3, -0.25) is 4.79 Å². The maximum Gasteiger partial charge on any atom is 0.261 e. The van der Waals surface area contributed by atoms with Gasteiger partial charge in [-0.15, -0.1) is 0 Å². The molecule has 3 N–H and O–H groups in total. The number of aromatic nitrogens is 3. The van der Waals surface area contributed by atoms with Crippen molar-refractivity contribution in [2.75, 3.05) is 11.1 Å². The van der Waals surface area contributed by atoms with E-state index in [-0.39, 0.29) is 17.3 Å². The third-order valence-electron chi connectivity index (χ3n) is 5.18. The molecule has 0 saturated carbocycles. The summed E-state index contributed by atoms with van der Waals surface area (Å²) in [6.07, 6.45) is 1.67. The van der Waals surface area contributed by atoms with Crippen LogP contribution in [0, 0.1) is 6.92 Å². The van der Waals surface area contributed by atoms with Crippen LogP contribution < -0.4 is 11.1 Å². The Bertz CT molecular complexity index is 1540. The van der Waals surface area contributed by atoms with E-state index in [0.29, 0.717) is 27.9 Å². The molecule has 0 aliphatic heterocycles. The molecule has 0 atom stereocenters. The van der Waals surface area contributed by atoms with E-state index < -0.39 is 0 Å². The predicted octanol–water partition coefficient (Wildman–Crippen LogP) is 5.37. The highest BCUT2D eigenvalue weighted by Crippen LogP contribution is 2.28. The van der Waals surface area contributed by atoms with Crippen molar-refractivity contribution in [3.8, 4) is 0 Å². The Morgan fingerprint density at radius 2 is 1.76 bits per heavy atom. The largest absolute Gasteiger partial charge is 0.383 e. The van der Waals surface area contributed by atoms with Gasteiger partial charge in [0.05, 0.1) is 17.2 Å². The third-order valence-corrected chi connectivity index (χ3v) is 5.67. The molecule has 0 aliphatic rings. The first-order valence-corrected chi connectivity index (χ1v) is 11.0. The van der Waals surface area contributed by atoms with Crippen LogP contribution in [0.1, 0.15) is 21.5 Å². The van der Waals surface area contributed by atoms with Gasteiger partial charge in [-0.2, -0.15) is 9.78 Å². The van der Waals surface area contributed by atoms with Crippen molar-refractivity contribution in [3.05, 3.63) is 94.0 Å². The van der Waals surface area contributed by atoms with E-state index in [1.54, 1.807) is 6.21 Å². The van der Waals surface area contributed by atoms with Gasteiger partial charge in [0.2, 0.25) is 0 Å². The molecule has 0 saturated heterocycles. The second-order valence-electron chi connectivity index (χ2n) is 7.58. The van der Waals surface area contributed by atoms with E-state index in [4.69, 9.17) is 15.7 Å². The SMILES string of the molecule is Cc1ccc(NC(=O)c2c(N)n(/N=C/c3cccc(Br)c3)c3nc4ccccc4nc23)cc1. The zero-order chi connectivity index (χ0) is 22.9. The average Bonchev–Trinajstić information content (AvgIpc) is 3.08. The molecule has 1 amide bonds. The number of rotatable bonds is 4. The molecule has 3 aromatic carbocycles. The Labute approximate surface area is 198 Å². The van der Waals surface area contributed by atoms with Crippen molar-refractivity contribution in [2.24, 2.45) is 5.10 Å². The highest BCUT2D eigenvalue weighted by Gasteiger charge is 2.24. The number of carbonyl (C=O) groups is 1. The standard InChI is InChI=1S/C25H19BrN6O/c1-15-9-11-18(12-10-15)29-25(33)21-22-24(31-20-8-3-2-7-19(20)30-22)32(23(21)27)28-14-16-5-4-6-17(26)13-16/h2-14H,27H2,1H3,(H,29,33)/b28-14+. The summed E-state index contributed by atoms with van der Waals surface area (Å²) in [6, 6.07) is 22.7. The molecule has 0 unspecified atom stereocenters. The van der Waals surface area contributed by atoms with Crippen LogP contribution in [0.4, 0.5) is 11.5 Å². The molecule has 7 nitrogen and oxygen atoms in total. The summed E-state index contributed by atoms with van der Waals surface area (Å²) in [5.74, 6) is -0.210. The quantitative estimate of drug-likeness (QED) is 0.325. The molecule has 0 fully saturated rings. The van der Waals surface area contributed by atoms with Crippen molar-refractivity contribution < 1.29 is 4.79 Å². The summed E-state index contributed by atoms with van der Waals surface area (Å²) < 4.78 is 2.39. The topological polar surface area (TPSA) is 98.2 Å². The van der Waals surface area contributed by atoms with E-state index in [0.717, 1.165) is 15.6 Å². The van der Waals surface area contributed by atoms with Gasteiger partial charge in [0.1, 0.15) is 16.9 Å². The van der Waals surface area contributed by atoms with Gasteiger partial charge in [-0.1, -0.05) is 57.9 Å². The number of hydrogen-bond donors (Lipinski definition) is 2. The molecule has 5 aromatic rings. The van der Waals surface area contributed by atoms with Gasteiger partial charge in [0, 0.05) is 10.2 Å². The minimum Gasteiger partial charge on any atom is -0.383 e. The van der Waals surface area contributed by atoms with Crippen LogP contribution in [0.5, 0.6) is 0 Å². The molecule has 0 radical (unpaired) electrons. The van der Waals surface area contributed by atoms with Crippen molar-refractivity contribution in [2.45, 2.75) is 6.92 Å². The van der Waals surface area contributed by atoms with Crippen LogP contribution in [-0.2, 0) is 0 Å². The number of nitrogen functional groups attached to an aromatic ring is 1. The van der Waals surface area contributed by atoms with Gasteiger partial charge >= 0.3 is 0 Å². The normalized spacial score (nSPS) is 11.5. The molecule has 33 heavy (non-hydrogen) atoms. The highest BCUT2D eigenvalue weighted by atomic mass is 79.9. The number of fused-ring (bicyclic) bond motifs is 2. The smallest absolute Gasteiger partial charge is 0.261 e. The predicted molar refractivity (Wildman–Crippen MR) is 136 cm³/mol. The number of carbonyl (C=O) groups excluding carboxylic acids is 1. The third kappa shape index (κ3) is 4.08. The molecule has 2 heterocycles. The Morgan fingerprint density at radius 1 is 1.03 bits per heavy atom. The summed E-state index contributed by atoms with van der Waals surface area (Å²) in [5, 5.41) is 7.44.